The predicted octanol–water partition coefficient (Wildman–Crippen LogP) is 4.93. The van der Waals surface area contributed by atoms with Crippen LogP contribution in [0.1, 0.15) is 41.4 Å². The second kappa shape index (κ2) is 10.3. The van der Waals surface area contributed by atoms with Crippen LogP contribution in [0.5, 0.6) is 0 Å². The fraction of sp³-hybridized carbons (Fsp3) is 0.308. The number of carbonyl (C=O) groups is 1. The van der Waals surface area contributed by atoms with Gasteiger partial charge in [-0.1, -0.05) is 37.3 Å². The number of thiazole rings is 1. The maximum Gasteiger partial charge on any atom is 0.261 e. The zero-order valence-electron chi connectivity index (χ0n) is 19.2. The highest BCUT2D eigenvalue weighted by molar-refractivity contribution is 7.14. The Morgan fingerprint density at radius 1 is 1.12 bits per heavy atom. The maximum atomic E-state index is 13.3. The van der Waals surface area contributed by atoms with Gasteiger partial charge in [0.2, 0.25) is 0 Å². The summed E-state index contributed by atoms with van der Waals surface area (Å²) in [6, 6.07) is 13.8. The van der Waals surface area contributed by atoms with E-state index in [2.05, 4.69) is 27.1 Å². The monoisotopic (exact) mass is 472 g/mol. The van der Waals surface area contributed by atoms with Crippen molar-refractivity contribution < 1.29 is 4.79 Å². The highest BCUT2D eigenvalue weighted by Crippen LogP contribution is 2.25. The molecule has 4 aromatic rings. The first-order chi connectivity index (χ1) is 16.6. The molecule has 5 rings (SSSR count). The molecule has 0 unspecified atom stereocenters. The number of amides is 1. The molecule has 3 aromatic heterocycles. The topological polar surface area (TPSA) is 75.9 Å². The summed E-state index contributed by atoms with van der Waals surface area (Å²) < 4.78 is 1.80. The van der Waals surface area contributed by atoms with E-state index in [0.717, 1.165) is 42.4 Å². The third-order valence-corrected chi connectivity index (χ3v) is 6.97. The third-order valence-electron chi connectivity index (χ3n) is 6.16. The van der Waals surface area contributed by atoms with E-state index in [1.807, 2.05) is 47.8 Å². The molecule has 0 saturated carbocycles. The summed E-state index contributed by atoms with van der Waals surface area (Å²) in [4.78, 5) is 24.6. The zero-order chi connectivity index (χ0) is 23.3. The van der Waals surface area contributed by atoms with Crippen LogP contribution in [0, 0.1) is 5.92 Å². The molecule has 1 aliphatic rings. The number of nitrogens with one attached hydrogen (secondary N) is 1. The fourth-order valence-electron chi connectivity index (χ4n) is 4.21. The molecule has 34 heavy (non-hydrogen) atoms. The summed E-state index contributed by atoms with van der Waals surface area (Å²) in [5.74, 6) is 0.587. The Labute approximate surface area is 203 Å². The smallest absolute Gasteiger partial charge is 0.261 e. The number of hydrogen-bond acceptors (Lipinski definition) is 6. The van der Waals surface area contributed by atoms with Gasteiger partial charge in [-0.2, -0.15) is 5.10 Å². The summed E-state index contributed by atoms with van der Waals surface area (Å²) in [7, 11) is 0. The summed E-state index contributed by atoms with van der Waals surface area (Å²) in [5, 5.41) is 10.4. The van der Waals surface area contributed by atoms with Crippen molar-refractivity contribution in [3.05, 3.63) is 83.3 Å². The Morgan fingerprint density at radius 3 is 2.71 bits per heavy atom. The fourth-order valence-corrected chi connectivity index (χ4v) is 4.90. The van der Waals surface area contributed by atoms with E-state index >= 15 is 0 Å². The first-order valence-corrected chi connectivity index (χ1v) is 12.5. The molecular weight excluding hydrogens is 444 g/mol. The quantitative estimate of drug-likeness (QED) is 0.413. The Morgan fingerprint density at radius 2 is 1.94 bits per heavy atom. The van der Waals surface area contributed by atoms with Crippen molar-refractivity contribution >= 4 is 22.4 Å². The van der Waals surface area contributed by atoms with Gasteiger partial charge in [-0.15, -0.1) is 11.3 Å². The molecule has 1 saturated heterocycles. The van der Waals surface area contributed by atoms with Crippen molar-refractivity contribution in [1.82, 2.24) is 24.6 Å². The first-order valence-electron chi connectivity index (χ1n) is 11.6. The number of benzene rings is 1. The molecule has 0 aliphatic carbocycles. The summed E-state index contributed by atoms with van der Waals surface area (Å²) in [5.41, 5.74) is 4.04. The lowest BCUT2D eigenvalue weighted by atomic mass is 9.99. The number of nitrogens with zero attached hydrogens (tertiary/aromatic N) is 5. The standard InChI is InChI=1S/C26H28N6OS/c1-19-9-12-31(13-10-19)16-22-18-34-26(28-22)29-25(33)23-17-32(15-20-6-3-2-4-7-20)30-24(23)21-8-5-11-27-14-21/h2-8,11,14,17-19H,9-10,12-13,15-16H2,1H3,(H,28,29,33). The van der Waals surface area contributed by atoms with Crippen LogP contribution in [-0.2, 0) is 13.1 Å². The molecule has 8 heteroatoms. The molecule has 1 fully saturated rings. The van der Waals surface area contributed by atoms with Gasteiger partial charge in [0.1, 0.15) is 5.69 Å². The SMILES string of the molecule is CC1CCN(Cc2csc(NC(=O)c3cn(Cc4ccccc4)nc3-c3cccnc3)n2)CC1. The lowest BCUT2D eigenvalue weighted by molar-refractivity contribution is 0.102. The van der Waals surface area contributed by atoms with Crippen LogP contribution in [-0.4, -0.2) is 43.6 Å². The van der Waals surface area contributed by atoms with Gasteiger partial charge in [0.25, 0.3) is 5.91 Å². The number of rotatable bonds is 7. The minimum Gasteiger partial charge on any atom is -0.298 e. The minimum absolute atomic E-state index is 0.217. The number of pyridine rings is 1. The summed E-state index contributed by atoms with van der Waals surface area (Å²) in [6.45, 7) is 5.94. The van der Waals surface area contributed by atoms with Crippen LogP contribution < -0.4 is 5.32 Å². The van der Waals surface area contributed by atoms with Crippen LogP contribution in [0.15, 0.2) is 66.4 Å². The van der Waals surface area contributed by atoms with Gasteiger partial charge in [-0.05, 0) is 49.5 Å². The molecule has 174 valence electrons. The summed E-state index contributed by atoms with van der Waals surface area (Å²) in [6.07, 6.45) is 7.71. The van der Waals surface area contributed by atoms with E-state index in [1.165, 1.54) is 24.2 Å². The molecule has 1 aliphatic heterocycles. The van der Waals surface area contributed by atoms with E-state index < -0.39 is 0 Å². The van der Waals surface area contributed by atoms with Crippen molar-refractivity contribution in [1.29, 1.82) is 0 Å². The Balaban J connectivity index is 1.33. The lowest BCUT2D eigenvalue weighted by Crippen LogP contribution is -2.32. The average Bonchev–Trinajstić information content (AvgIpc) is 3.49. The largest absolute Gasteiger partial charge is 0.298 e. The molecular formula is C26H28N6OS. The van der Waals surface area contributed by atoms with Crippen molar-refractivity contribution in [2.45, 2.75) is 32.9 Å². The molecule has 4 heterocycles. The average molecular weight is 473 g/mol. The molecule has 0 spiro atoms. The molecule has 0 radical (unpaired) electrons. The Bertz CT molecular complexity index is 1230. The van der Waals surface area contributed by atoms with Crippen molar-refractivity contribution in [2.24, 2.45) is 5.92 Å². The number of aromatic nitrogens is 4. The Kier molecular flexibility index (Phi) is 6.78. The highest BCUT2D eigenvalue weighted by Gasteiger charge is 2.21. The van der Waals surface area contributed by atoms with E-state index in [9.17, 15) is 4.79 Å². The van der Waals surface area contributed by atoms with Gasteiger partial charge in [0.05, 0.1) is 17.8 Å². The van der Waals surface area contributed by atoms with E-state index in [-0.39, 0.29) is 5.91 Å². The number of carbonyl (C=O) groups excluding carboxylic acids is 1. The van der Waals surface area contributed by atoms with Crippen molar-refractivity contribution in [3.63, 3.8) is 0 Å². The van der Waals surface area contributed by atoms with E-state index in [1.54, 1.807) is 23.3 Å². The minimum atomic E-state index is -0.217. The molecule has 7 nitrogen and oxygen atoms in total. The second-order valence-electron chi connectivity index (χ2n) is 8.87. The normalized spacial score (nSPS) is 14.9. The van der Waals surface area contributed by atoms with Crippen LogP contribution in [0.3, 0.4) is 0 Å². The Hall–Kier alpha value is -3.36. The second-order valence-corrected chi connectivity index (χ2v) is 9.73. The molecule has 0 bridgehead atoms. The van der Waals surface area contributed by atoms with Gasteiger partial charge in [-0.25, -0.2) is 4.98 Å². The summed E-state index contributed by atoms with van der Waals surface area (Å²) >= 11 is 1.46. The number of anilines is 1. The van der Waals surface area contributed by atoms with Crippen molar-refractivity contribution in [2.75, 3.05) is 18.4 Å². The molecule has 1 amide bonds. The van der Waals surface area contributed by atoms with Crippen LogP contribution in [0.4, 0.5) is 5.13 Å². The van der Waals surface area contributed by atoms with Gasteiger partial charge in [-0.3, -0.25) is 24.7 Å². The van der Waals surface area contributed by atoms with Gasteiger partial charge >= 0.3 is 0 Å². The van der Waals surface area contributed by atoms with E-state index in [0.29, 0.717) is 22.9 Å². The van der Waals surface area contributed by atoms with Crippen LogP contribution in [0.25, 0.3) is 11.3 Å². The zero-order valence-corrected chi connectivity index (χ0v) is 20.0. The van der Waals surface area contributed by atoms with Crippen LogP contribution in [0.2, 0.25) is 0 Å². The van der Waals surface area contributed by atoms with Gasteiger partial charge in [0.15, 0.2) is 5.13 Å². The maximum absolute atomic E-state index is 13.3. The number of piperidine rings is 1. The van der Waals surface area contributed by atoms with Gasteiger partial charge in [0, 0.05) is 36.1 Å². The van der Waals surface area contributed by atoms with E-state index in [4.69, 9.17) is 5.10 Å². The van der Waals surface area contributed by atoms with Crippen LogP contribution >= 0.6 is 11.3 Å². The third kappa shape index (κ3) is 5.40. The van der Waals surface area contributed by atoms with Crippen molar-refractivity contribution in [3.8, 4) is 11.3 Å². The number of hydrogen-bond donors (Lipinski definition) is 1. The first kappa shape index (κ1) is 22.4. The number of likely N-dealkylation sites (tertiary alicyclic amines) is 1. The predicted molar refractivity (Wildman–Crippen MR) is 135 cm³/mol. The molecule has 1 aromatic carbocycles. The molecule has 1 N–H and O–H groups in total. The highest BCUT2D eigenvalue weighted by atomic mass is 32.1. The van der Waals surface area contributed by atoms with Gasteiger partial charge < -0.3 is 0 Å². The molecule has 0 atom stereocenters. The lowest BCUT2D eigenvalue weighted by Gasteiger charge is -2.29.